The van der Waals surface area contributed by atoms with Crippen molar-refractivity contribution in [2.45, 2.75) is 32.4 Å². The van der Waals surface area contributed by atoms with Gasteiger partial charge in [0.15, 0.2) is 0 Å². The van der Waals surface area contributed by atoms with E-state index < -0.39 is 11.7 Å². The maximum Gasteiger partial charge on any atom is 0.416 e. The van der Waals surface area contributed by atoms with Crippen LogP contribution in [0.4, 0.5) is 19.0 Å². The first-order valence-corrected chi connectivity index (χ1v) is 5.80. The average Bonchev–Trinajstić information content (AvgIpc) is 2.22. The van der Waals surface area contributed by atoms with Gasteiger partial charge in [-0.3, -0.25) is 0 Å². The third-order valence-corrected chi connectivity index (χ3v) is 2.40. The summed E-state index contributed by atoms with van der Waals surface area (Å²) >= 11 is 5.55. The van der Waals surface area contributed by atoms with Crippen molar-refractivity contribution >= 4 is 17.4 Å². The number of unbranched alkanes of at least 4 members (excludes halogenated alkanes) is 2. The number of nitrogens with one attached hydrogen (secondary N) is 1. The van der Waals surface area contributed by atoms with E-state index in [1.165, 1.54) is 0 Å². The number of anilines is 1. The molecule has 1 rings (SSSR count). The minimum Gasteiger partial charge on any atom is -0.370 e. The van der Waals surface area contributed by atoms with E-state index in [0.717, 1.165) is 31.4 Å². The Balaban J connectivity index is 2.69. The highest BCUT2D eigenvalue weighted by atomic mass is 35.5. The lowest BCUT2D eigenvalue weighted by atomic mass is 10.2. The van der Waals surface area contributed by atoms with E-state index in [1.54, 1.807) is 0 Å². The Hall–Kier alpha value is -0.970. The zero-order chi connectivity index (χ0) is 12.9. The summed E-state index contributed by atoms with van der Waals surface area (Å²) in [6, 6.07) is 1.79. The van der Waals surface area contributed by atoms with Crippen molar-refractivity contribution in [1.82, 2.24) is 4.98 Å². The minimum absolute atomic E-state index is 0.155. The molecule has 0 atom stereocenters. The monoisotopic (exact) mass is 266 g/mol. The molecular weight excluding hydrogens is 253 g/mol. The van der Waals surface area contributed by atoms with Gasteiger partial charge in [-0.25, -0.2) is 4.98 Å². The molecule has 0 fully saturated rings. The topological polar surface area (TPSA) is 24.9 Å². The lowest BCUT2D eigenvalue weighted by Crippen LogP contribution is -2.09. The summed E-state index contributed by atoms with van der Waals surface area (Å²) in [5.74, 6) is 0.168. The van der Waals surface area contributed by atoms with Crippen LogP contribution in [0.3, 0.4) is 0 Å². The Morgan fingerprint density at radius 3 is 2.59 bits per heavy atom. The molecule has 6 heteroatoms. The van der Waals surface area contributed by atoms with Gasteiger partial charge in [-0.15, -0.1) is 0 Å². The average molecular weight is 267 g/mol. The molecule has 2 nitrogen and oxygen atoms in total. The van der Waals surface area contributed by atoms with Crippen LogP contribution in [-0.2, 0) is 6.18 Å². The normalized spacial score (nSPS) is 11.6. The number of hydrogen-bond acceptors (Lipinski definition) is 2. The summed E-state index contributed by atoms with van der Waals surface area (Å²) < 4.78 is 37.4. The van der Waals surface area contributed by atoms with Gasteiger partial charge in [-0.1, -0.05) is 31.4 Å². The number of alkyl halides is 3. The molecule has 0 amide bonds. The summed E-state index contributed by atoms with van der Waals surface area (Å²) in [6.07, 6.45) is -1.42. The Labute approximate surface area is 103 Å². The van der Waals surface area contributed by atoms with Crippen molar-refractivity contribution < 1.29 is 13.2 Å². The highest BCUT2D eigenvalue weighted by Gasteiger charge is 2.31. The summed E-state index contributed by atoms with van der Waals surface area (Å²) in [5.41, 5.74) is -0.782. The zero-order valence-electron chi connectivity index (χ0n) is 9.44. The van der Waals surface area contributed by atoms with Gasteiger partial charge in [0.2, 0.25) is 0 Å². The molecule has 0 bridgehead atoms. The Morgan fingerprint density at radius 2 is 2.00 bits per heavy atom. The van der Waals surface area contributed by atoms with E-state index in [0.29, 0.717) is 6.54 Å². The van der Waals surface area contributed by atoms with Crippen LogP contribution in [0.2, 0.25) is 5.15 Å². The van der Waals surface area contributed by atoms with Crippen LogP contribution in [0.5, 0.6) is 0 Å². The number of nitrogens with zero attached hydrogens (tertiary/aromatic N) is 1. The summed E-state index contributed by atoms with van der Waals surface area (Å²) in [5, 5.41) is 2.68. The highest BCUT2D eigenvalue weighted by Crippen LogP contribution is 2.31. The first-order valence-electron chi connectivity index (χ1n) is 5.42. The fraction of sp³-hybridized carbons (Fsp3) is 0.545. The number of aromatic nitrogens is 1. The lowest BCUT2D eigenvalue weighted by Gasteiger charge is -2.10. The van der Waals surface area contributed by atoms with Crippen molar-refractivity contribution in [3.8, 4) is 0 Å². The highest BCUT2D eigenvalue weighted by molar-refractivity contribution is 6.29. The SMILES string of the molecule is CCCCCNc1cc(C(F)(F)F)cc(Cl)n1. The molecular formula is C11H14ClF3N2. The summed E-state index contributed by atoms with van der Waals surface area (Å²) in [7, 11) is 0. The summed E-state index contributed by atoms with van der Waals surface area (Å²) in [6.45, 7) is 2.65. The second kappa shape index (κ2) is 6.10. The second-order valence-corrected chi connectivity index (χ2v) is 4.08. The molecule has 0 aliphatic rings. The predicted molar refractivity (Wildman–Crippen MR) is 62.3 cm³/mol. The van der Waals surface area contributed by atoms with Crippen molar-refractivity contribution in [2.24, 2.45) is 0 Å². The standard InChI is InChI=1S/C11H14ClF3N2/c1-2-3-4-5-16-10-7-8(11(13,14)15)6-9(12)17-10/h6-7H,2-5H2,1H3,(H,16,17). The molecule has 0 aliphatic heterocycles. The lowest BCUT2D eigenvalue weighted by molar-refractivity contribution is -0.137. The fourth-order valence-electron chi connectivity index (χ4n) is 1.34. The van der Waals surface area contributed by atoms with Crippen LogP contribution in [0, 0.1) is 0 Å². The Kier molecular flexibility index (Phi) is 5.05. The first kappa shape index (κ1) is 14.1. The largest absolute Gasteiger partial charge is 0.416 e. The predicted octanol–water partition coefficient (Wildman–Crippen LogP) is 4.36. The molecule has 0 saturated heterocycles. The van der Waals surface area contributed by atoms with Crippen molar-refractivity contribution in [2.75, 3.05) is 11.9 Å². The molecule has 0 aromatic carbocycles. The maximum absolute atomic E-state index is 12.5. The third-order valence-electron chi connectivity index (χ3n) is 2.21. The van der Waals surface area contributed by atoms with Crippen LogP contribution in [0.25, 0.3) is 0 Å². The van der Waals surface area contributed by atoms with E-state index in [1.807, 2.05) is 0 Å². The van der Waals surface area contributed by atoms with E-state index in [-0.39, 0.29) is 11.0 Å². The molecule has 1 heterocycles. The van der Waals surface area contributed by atoms with Crippen LogP contribution in [-0.4, -0.2) is 11.5 Å². The van der Waals surface area contributed by atoms with Crippen LogP contribution in [0.15, 0.2) is 12.1 Å². The second-order valence-electron chi connectivity index (χ2n) is 3.70. The van der Waals surface area contributed by atoms with Crippen LogP contribution < -0.4 is 5.32 Å². The number of pyridine rings is 1. The molecule has 1 aromatic rings. The number of halogens is 4. The van der Waals surface area contributed by atoms with Crippen molar-refractivity contribution in [3.63, 3.8) is 0 Å². The molecule has 0 saturated carbocycles. The summed E-state index contributed by atoms with van der Waals surface area (Å²) in [4.78, 5) is 3.80. The van der Waals surface area contributed by atoms with Crippen molar-refractivity contribution in [1.29, 1.82) is 0 Å². The van der Waals surface area contributed by atoms with Gasteiger partial charge >= 0.3 is 6.18 Å². The van der Waals surface area contributed by atoms with Gasteiger partial charge in [-0.2, -0.15) is 13.2 Å². The first-order chi connectivity index (χ1) is 7.93. The molecule has 0 unspecified atom stereocenters. The Morgan fingerprint density at radius 1 is 1.29 bits per heavy atom. The minimum atomic E-state index is -4.40. The van der Waals surface area contributed by atoms with Crippen molar-refractivity contribution in [3.05, 3.63) is 22.8 Å². The van der Waals surface area contributed by atoms with Crippen LogP contribution in [0.1, 0.15) is 31.7 Å². The van der Waals surface area contributed by atoms with Gasteiger partial charge in [0.1, 0.15) is 11.0 Å². The molecule has 1 N–H and O–H groups in total. The molecule has 17 heavy (non-hydrogen) atoms. The molecule has 0 spiro atoms. The zero-order valence-corrected chi connectivity index (χ0v) is 10.2. The van der Waals surface area contributed by atoms with E-state index in [9.17, 15) is 13.2 Å². The number of rotatable bonds is 5. The van der Waals surface area contributed by atoms with E-state index in [4.69, 9.17) is 11.6 Å². The van der Waals surface area contributed by atoms with E-state index in [2.05, 4.69) is 17.2 Å². The fourth-order valence-corrected chi connectivity index (χ4v) is 1.55. The molecule has 96 valence electrons. The molecule has 1 aromatic heterocycles. The third kappa shape index (κ3) is 4.81. The van der Waals surface area contributed by atoms with Gasteiger partial charge < -0.3 is 5.32 Å². The van der Waals surface area contributed by atoms with Gasteiger partial charge in [-0.05, 0) is 18.6 Å². The van der Waals surface area contributed by atoms with Gasteiger partial charge in [0.25, 0.3) is 0 Å². The van der Waals surface area contributed by atoms with Gasteiger partial charge in [0.05, 0.1) is 5.56 Å². The smallest absolute Gasteiger partial charge is 0.370 e. The maximum atomic E-state index is 12.5. The van der Waals surface area contributed by atoms with E-state index >= 15 is 0 Å². The molecule has 0 radical (unpaired) electrons. The number of hydrogen-bond donors (Lipinski definition) is 1. The van der Waals surface area contributed by atoms with Crippen LogP contribution >= 0.6 is 11.6 Å². The molecule has 0 aliphatic carbocycles. The quantitative estimate of drug-likeness (QED) is 0.633. The van der Waals surface area contributed by atoms with Gasteiger partial charge in [0, 0.05) is 6.54 Å². The Bertz CT molecular complexity index is 366.